The monoisotopic (exact) mass is 266 g/mol. The van der Waals surface area contributed by atoms with Crippen molar-refractivity contribution in [2.24, 2.45) is 0 Å². The summed E-state index contributed by atoms with van der Waals surface area (Å²) in [5, 5.41) is 0. The van der Waals surface area contributed by atoms with Crippen molar-refractivity contribution in [1.82, 2.24) is 15.0 Å². The molecule has 96 valence electrons. The normalized spacial score (nSPS) is 10.3. The zero-order valence-corrected chi connectivity index (χ0v) is 11.0. The number of nitrogens with zero attached hydrogens (tertiary/aromatic N) is 3. The van der Waals surface area contributed by atoms with Crippen LogP contribution in [0, 0.1) is 6.92 Å². The predicted octanol–water partition coefficient (Wildman–Crippen LogP) is 1.45. The molecule has 18 heavy (non-hydrogen) atoms. The standard InChI is InChI=1S/C11H14N4O2S/c1-7-8(18-6-15-7)3-4-17-11-9(16-2)10(12)13-5-14-11/h5-6H,3-4H2,1-2H3,(H2,12,13,14). The van der Waals surface area contributed by atoms with Crippen molar-refractivity contribution in [1.29, 1.82) is 0 Å². The maximum atomic E-state index is 5.66. The number of rotatable bonds is 5. The SMILES string of the molecule is COc1c(N)ncnc1OCCc1scnc1C. The molecule has 0 radical (unpaired) electrons. The van der Waals surface area contributed by atoms with E-state index < -0.39 is 0 Å². The molecule has 2 aromatic heterocycles. The van der Waals surface area contributed by atoms with E-state index >= 15 is 0 Å². The molecule has 7 heteroatoms. The van der Waals surface area contributed by atoms with Gasteiger partial charge in [0.05, 0.1) is 24.9 Å². The molecule has 0 unspecified atom stereocenters. The largest absolute Gasteiger partial charge is 0.489 e. The van der Waals surface area contributed by atoms with E-state index in [-0.39, 0.29) is 5.82 Å². The topological polar surface area (TPSA) is 83.2 Å². The molecule has 0 spiro atoms. The molecule has 0 amide bonds. The molecular weight excluding hydrogens is 252 g/mol. The van der Waals surface area contributed by atoms with Crippen LogP contribution in [-0.2, 0) is 6.42 Å². The van der Waals surface area contributed by atoms with Crippen LogP contribution in [0.1, 0.15) is 10.6 Å². The second-order valence-electron chi connectivity index (χ2n) is 3.56. The van der Waals surface area contributed by atoms with Crippen LogP contribution in [0.5, 0.6) is 11.6 Å². The fraction of sp³-hybridized carbons (Fsp3) is 0.364. The van der Waals surface area contributed by atoms with Crippen LogP contribution >= 0.6 is 11.3 Å². The first kappa shape index (κ1) is 12.6. The molecule has 2 heterocycles. The summed E-state index contributed by atoms with van der Waals surface area (Å²) in [5.41, 5.74) is 8.53. The molecule has 2 rings (SSSR count). The van der Waals surface area contributed by atoms with Crippen LogP contribution in [-0.4, -0.2) is 28.7 Å². The van der Waals surface area contributed by atoms with E-state index in [1.807, 2.05) is 12.4 Å². The van der Waals surface area contributed by atoms with Gasteiger partial charge >= 0.3 is 0 Å². The second kappa shape index (κ2) is 5.63. The Morgan fingerprint density at radius 3 is 2.83 bits per heavy atom. The van der Waals surface area contributed by atoms with Crippen molar-refractivity contribution in [3.63, 3.8) is 0 Å². The number of methoxy groups -OCH3 is 1. The summed E-state index contributed by atoms with van der Waals surface area (Å²) in [7, 11) is 1.51. The van der Waals surface area contributed by atoms with Crippen molar-refractivity contribution >= 4 is 17.2 Å². The number of thiazole rings is 1. The molecule has 0 saturated carbocycles. The Labute approximate surface area is 109 Å². The Kier molecular flexibility index (Phi) is 3.93. The smallest absolute Gasteiger partial charge is 0.262 e. The van der Waals surface area contributed by atoms with Gasteiger partial charge in [0.25, 0.3) is 5.88 Å². The highest BCUT2D eigenvalue weighted by Gasteiger charge is 2.11. The van der Waals surface area contributed by atoms with Gasteiger partial charge in [-0.1, -0.05) is 0 Å². The summed E-state index contributed by atoms with van der Waals surface area (Å²) in [6.07, 6.45) is 2.13. The molecule has 0 fully saturated rings. The number of hydrogen-bond acceptors (Lipinski definition) is 7. The Hall–Kier alpha value is -1.89. The minimum atomic E-state index is 0.275. The van der Waals surface area contributed by atoms with E-state index in [0.29, 0.717) is 18.2 Å². The summed E-state index contributed by atoms with van der Waals surface area (Å²) >= 11 is 1.62. The zero-order valence-electron chi connectivity index (χ0n) is 10.2. The van der Waals surface area contributed by atoms with Crippen LogP contribution < -0.4 is 15.2 Å². The highest BCUT2D eigenvalue weighted by Crippen LogP contribution is 2.28. The van der Waals surface area contributed by atoms with Crippen molar-refractivity contribution in [2.75, 3.05) is 19.5 Å². The first-order valence-electron chi connectivity index (χ1n) is 5.38. The Morgan fingerprint density at radius 2 is 2.17 bits per heavy atom. The number of aromatic nitrogens is 3. The van der Waals surface area contributed by atoms with Gasteiger partial charge in [-0.05, 0) is 6.92 Å². The van der Waals surface area contributed by atoms with E-state index in [1.54, 1.807) is 11.3 Å². The van der Waals surface area contributed by atoms with Gasteiger partial charge in [0.1, 0.15) is 6.33 Å². The van der Waals surface area contributed by atoms with Gasteiger partial charge < -0.3 is 15.2 Å². The third kappa shape index (κ3) is 2.67. The highest BCUT2D eigenvalue weighted by atomic mass is 32.1. The van der Waals surface area contributed by atoms with Gasteiger partial charge in [0, 0.05) is 11.3 Å². The number of aryl methyl sites for hydroxylation is 1. The van der Waals surface area contributed by atoms with Crippen molar-refractivity contribution < 1.29 is 9.47 Å². The minimum Gasteiger partial charge on any atom is -0.489 e. The summed E-state index contributed by atoms with van der Waals surface area (Å²) in [6.45, 7) is 2.48. The zero-order chi connectivity index (χ0) is 13.0. The van der Waals surface area contributed by atoms with Gasteiger partial charge in [-0.2, -0.15) is 4.98 Å². The van der Waals surface area contributed by atoms with E-state index in [4.69, 9.17) is 15.2 Å². The molecule has 6 nitrogen and oxygen atoms in total. The molecule has 2 N–H and O–H groups in total. The van der Waals surface area contributed by atoms with Crippen LogP contribution in [0.3, 0.4) is 0 Å². The fourth-order valence-corrected chi connectivity index (χ4v) is 2.23. The van der Waals surface area contributed by atoms with Gasteiger partial charge in [0.2, 0.25) is 5.75 Å². The summed E-state index contributed by atoms with van der Waals surface area (Å²) in [6, 6.07) is 0. The molecule has 0 aromatic carbocycles. The first-order valence-corrected chi connectivity index (χ1v) is 6.26. The lowest BCUT2D eigenvalue weighted by Crippen LogP contribution is -2.06. The Morgan fingerprint density at radius 1 is 1.33 bits per heavy atom. The Balaban J connectivity index is 1.98. The number of anilines is 1. The summed E-state index contributed by atoms with van der Waals surface area (Å²) in [5.74, 6) is 1.02. The number of hydrogen-bond donors (Lipinski definition) is 1. The molecule has 0 atom stereocenters. The van der Waals surface area contributed by atoms with Crippen LogP contribution in [0.15, 0.2) is 11.8 Å². The highest BCUT2D eigenvalue weighted by molar-refractivity contribution is 7.09. The van der Waals surface area contributed by atoms with Crippen LogP contribution in [0.2, 0.25) is 0 Å². The van der Waals surface area contributed by atoms with Crippen LogP contribution in [0.25, 0.3) is 0 Å². The number of nitrogens with two attached hydrogens (primary N) is 1. The maximum Gasteiger partial charge on any atom is 0.262 e. The Bertz CT molecular complexity index is 530. The predicted molar refractivity (Wildman–Crippen MR) is 69.0 cm³/mol. The third-order valence-corrected chi connectivity index (χ3v) is 3.41. The van der Waals surface area contributed by atoms with Crippen LogP contribution in [0.4, 0.5) is 5.82 Å². The molecule has 0 bridgehead atoms. The van der Waals surface area contributed by atoms with E-state index in [0.717, 1.165) is 12.1 Å². The van der Waals surface area contributed by atoms with E-state index in [2.05, 4.69) is 15.0 Å². The maximum absolute atomic E-state index is 5.66. The summed E-state index contributed by atoms with van der Waals surface area (Å²) < 4.78 is 10.7. The van der Waals surface area contributed by atoms with Gasteiger partial charge in [-0.15, -0.1) is 11.3 Å². The summed E-state index contributed by atoms with van der Waals surface area (Å²) in [4.78, 5) is 13.2. The minimum absolute atomic E-state index is 0.275. The lowest BCUT2D eigenvalue weighted by molar-refractivity contribution is 0.286. The second-order valence-corrected chi connectivity index (χ2v) is 4.50. The third-order valence-electron chi connectivity index (χ3n) is 2.42. The molecule has 0 aliphatic heterocycles. The van der Waals surface area contributed by atoms with Gasteiger partial charge in [-0.25, -0.2) is 9.97 Å². The lowest BCUT2D eigenvalue weighted by Gasteiger charge is -2.09. The molecule has 0 aliphatic carbocycles. The number of ether oxygens (including phenoxy) is 2. The van der Waals surface area contributed by atoms with Crippen molar-refractivity contribution in [3.8, 4) is 11.6 Å². The van der Waals surface area contributed by atoms with Crippen molar-refractivity contribution in [2.45, 2.75) is 13.3 Å². The van der Waals surface area contributed by atoms with Gasteiger partial charge in [0.15, 0.2) is 5.82 Å². The van der Waals surface area contributed by atoms with Gasteiger partial charge in [-0.3, -0.25) is 0 Å². The average molecular weight is 266 g/mol. The van der Waals surface area contributed by atoms with Crippen molar-refractivity contribution in [3.05, 3.63) is 22.4 Å². The fourth-order valence-electron chi connectivity index (χ4n) is 1.47. The molecular formula is C11H14N4O2S. The molecule has 0 aliphatic rings. The first-order chi connectivity index (χ1) is 8.72. The van der Waals surface area contributed by atoms with E-state index in [1.165, 1.54) is 18.3 Å². The molecule has 2 aromatic rings. The average Bonchev–Trinajstić information content (AvgIpc) is 2.75. The molecule has 0 saturated heterocycles. The quantitative estimate of drug-likeness (QED) is 0.882. The van der Waals surface area contributed by atoms with E-state index in [9.17, 15) is 0 Å². The lowest BCUT2D eigenvalue weighted by atomic mass is 10.3. The number of nitrogen functional groups attached to an aromatic ring is 1.